The number of hydrogen-bond donors (Lipinski definition) is 3. The minimum absolute atomic E-state index is 0.00316. The van der Waals surface area contributed by atoms with Gasteiger partial charge >= 0.3 is 0 Å². The Balaban J connectivity index is 1.65. The van der Waals surface area contributed by atoms with E-state index >= 15 is 0 Å². The Labute approximate surface area is 196 Å². The SMILES string of the molecule is CCCOc1ccc(C(=O)C2CNCCN2CC)c(-c2nc3cc4nc[nH]c4cc3c(=O)[nH]2)c1. The molecule has 9 nitrogen and oxygen atoms in total. The van der Waals surface area contributed by atoms with Crippen molar-refractivity contribution in [2.75, 3.05) is 32.8 Å². The van der Waals surface area contributed by atoms with Gasteiger partial charge in [-0.2, -0.15) is 0 Å². The van der Waals surface area contributed by atoms with Gasteiger partial charge in [0.1, 0.15) is 11.6 Å². The minimum Gasteiger partial charge on any atom is -0.494 e. The highest BCUT2D eigenvalue weighted by molar-refractivity contribution is 6.05. The molecule has 0 spiro atoms. The second kappa shape index (κ2) is 9.36. The maximum Gasteiger partial charge on any atom is 0.259 e. The van der Waals surface area contributed by atoms with Gasteiger partial charge in [-0.15, -0.1) is 0 Å². The molecule has 1 aliphatic heterocycles. The number of ether oxygens (including phenoxy) is 1. The average Bonchev–Trinajstić information content (AvgIpc) is 3.33. The molecule has 4 aromatic rings. The fraction of sp³-hybridized carbons (Fsp3) is 0.360. The lowest BCUT2D eigenvalue weighted by Crippen LogP contribution is -2.54. The number of nitrogens with one attached hydrogen (secondary N) is 3. The normalized spacial score (nSPS) is 16.8. The summed E-state index contributed by atoms with van der Waals surface area (Å²) in [6, 6.07) is 8.63. The molecule has 1 saturated heterocycles. The molecule has 0 radical (unpaired) electrons. The van der Waals surface area contributed by atoms with Crippen molar-refractivity contribution in [3.05, 3.63) is 52.6 Å². The Kier molecular flexibility index (Phi) is 6.12. The van der Waals surface area contributed by atoms with Crippen LogP contribution in [0.15, 0.2) is 41.5 Å². The lowest BCUT2D eigenvalue weighted by atomic mass is 9.95. The van der Waals surface area contributed by atoms with Gasteiger partial charge in [-0.3, -0.25) is 14.5 Å². The first-order valence-corrected chi connectivity index (χ1v) is 11.7. The molecule has 1 aliphatic rings. The molecular weight excluding hydrogens is 432 g/mol. The van der Waals surface area contributed by atoms with E-state index in [4.69, 9.17) is 9.72 Å². The molecule has 0 saturated carbocycles. The zero-order valence-electron chi connectivity index (χ0n) is 19.4. The number of H-pyrrole nitrogens is 2. The molecule has 0 aliphatic carbocycles. The van der Waals surface area contributed by atoms with Gasteiger partial charge in [-0.1, -0.05) is 13.8 Å². The van der Waals surface area contributed by atoms with Gasteiger partial charge in [0.2, 0.25) is 0 Å². The number of nitrogens with zero attached hydrogens (tertiary/aromatic N) is 3. The van der Waals surface area contributed by atoms with Crippen molar-refractivity contribution >= 4 is 27.7 Å². The molecule has 34 heavy (non-hydrogen) atoms. The first-order chi connectivity index (χ1) is 16.6. The summed E-state index contributed by atoms with van der Waals surface area (Å²) in [4.78, 5) is 43.8. The number of aromatic nitrogens is 4. The smallest absolute Gasteiger partial charge is 0.259 e. The molecule has 3 heterocycles. The monoisotopic (exact) mass is 460 g/mol. The van der Waals surface area contributed by atoms with Crippen LogP contribution >= 0.6 is 0 Å². The van der Waals surface area contributed by atoms with Gasteiger partial charge < -0.3 is 20.0 Å². The molecular formula is C25H28N6O3. The number of likely N-dealkylation sites (N-methyl/N-ethyl adjacent to an activating group) is 1. The number of carbonyl (C=O) groups excluding carboxylic acids is 1. The Morgan fingerprint density at radius 1 is 1.21 bits per heavy atom. The van der Waals surface area contributed by atoms with Crippen molar-refractivity contribution in [2.45, 2.75) is 26.3 Å². The van der Waals surface area contributed by atoms with Crippen molar-refractivity contribution in [3.63, 3.8) is 0 Å². The summed E-state index contributed by atoms with van der Waals surface area (Å²) in [6.07, 6.45) is 2.45. The largest absolute Gasteiger partial charge is 0.494 e. The van der Waals surface area contributed by atoms with Crippen molar-refractivity contribution in [3.8, 4) is 17.1 Å². The standard InChI is InChI=1S/C25H28N6O3/c1-3-9-34-15-5-6-16(23(32)22-13-26-7-8-31(22)4-2)17(10-15)24-29-19-12-21-20(27-14-28-21)11-18(19)25(33)30-24/h5-6,10-12,14,22,26H,3-4,7-9,13H2,1-2H3,(H,27,28)(H,29,30,33). The summed E-state index contributed by atoms with van der Waals surface area (Å²) in [5.41, 5.74) is 2.80. The molecule has 2 aromatic carbocycles. The van der Waals surface area contributed by atoms with E-state index in [0.717, 1.165) is 37.1 Å². The maximum absolute atomic E-state index is 13.7. The van der Waals surface area contributed by atoms with Crippen LogP contribution in [0.4, 0.5) is 0 Å². The zero-order chi connectivity index (χ0) is 23.7. The highest BCUT2D eigenvalue weighted by Gasteiger charge is 2.30. The van der Waals surface area contributed by atoms with E-state index in [1.165, 1.54) is 0 Å². The summed E-state index contributed by atoms with van der Waals surface area (Å²) in [5.74, 6) is 0.967. The zero-order valence-corrected chi connectivity index (χ0v) is 19.4. The molecule has 0 amide bonds. The van der Waals surface area contributed by atoms with Crippen LogP contribution in [-0.2, 0) is 0 Å². The molecule has 1 atom stereocenters. The number of carbonyl (C=O) groups is 1. The van der Waals surface area contributed by atoms with E-state index in [1.807, 2.05) is 13.0 Å². The number of piperazine rings is 1. The predicted octanol–water partition coefficient (Wildman–Crippen LogP) is 2.73. The van der Waals surface area contributed by atoms with Crippen molar-refractivity contribution in [1.82, 2.24) is 30.2 Å². The summed E-state index contributed by atoms with van der Waals surface area (Å²) in [6.45, 7) is 7.69. The number of hydrogen-bond acceptors (Lipinski definition) is 7. The highest BCUT2D eigenvalue weighted by Crippen LogP contribution is 2.29. The van der Waals surface area contributed by atoms with Crippen molar-refractivity contribution in [2.24, 2.45) is 0 Å². The quantitative estimate of drug-likeness (QED) is 0.363. The Morgan fingerprint density at radius 2 is 2.09 bits per heavy atom. The topological polar surface area (TPSA) is 116 Å². The molecule has 1 unspecified atom stereocenters. The molecule has 2 aromatic heterocycles. The lowest BCUT2D eigenvalue weighted by Gasteiger charge is -2.34. The summed E-state index contributed by atoms with van der Waals surface area (Å²) < 4.78 is 5.84. The second-order valence-corrected chi connectivity index (χ2v) is 8.47. The van der Waals surface area contributed by atoms with Gasteiger partial charge in [0.15, 0.2) is 5.78 Å². The van der Waals surface area contributed by atoms with Crippen LogP contribution in [0.2, 0.25) is 0 Å². The van der Waals surface area contributed by atoms with Crippen LogP contribution in [0.3, 0.4) is 0 Å². The number of benzene rings is 2. The third-order valence-corrected chi connectivity index (χ3v) is 6.29. The van der Waals surface area contributed by atoms with Crippen molar-refractivity contribution in [1.29, 1.82) is 0 Å². The lowest BCUT2D eigenvalue weighted by molar-refractivity contribution is 0.0785. The van der Waals surface area contributed by atoms with Crippen LogP contribution in [0.1, 0.15) is 30.6 Å². The van der Waals surface area contributed by atoms with Crippen LogP contribution < -0.4 is 15.6 Å². The molecule has 0 bridgehead atoms. The van der Waals surface area contributed by atoms with Gasteiger partial charge in [-0.05, 0) is 43.3 Å². The van der Waals surface area contributed by atoms with Gasteiger partial charge in [0.05, 0.1) is 40.9 Å². The van der Waals surface area contributed by atoms with Crippen LogP contribution in [-0.4, -0.2) is 69.4 Å². The Morgan fingerprint density at radius 3 is 2.91 bits per heavy atom. The predicted molar refractivity (Wildman–Crippen MR) is 131 cm³/mol. The first kappa shape index (κ1) is 22.2. The number of imidazole rings is 1. The molecule has 5 rings (SSSR count). The fourth-order valence-corrected chi connectivity index (χ4v) is 4.50. The molecule has 9 heteroatoms. The van der Waals surface area contributed by atoms with Crippen molar-refractivity contribution < 1.29 is 9.53 Å². The van der Waals surface area contributed by atoms with Gasteiger partial charge in [0.25, 0.3) is 5.56 Å². The van der Waals surface area contributed by atoms with Gasteiger partial charge in [0, 0.05) is 30.8 Å². The van der Waals surface area contributed by atoms with E-state index in [0.29, 0.717) is 46.8 Å². The number of fused-ring (bicyclic) bond motifs is 2. The highest BCUT2D eigenvalue weighted by atomic mass is 16.5. The fourth-order valence-electron chi connectivity index (χ4n) is 4.50. The van der Waals surface area contributed by atoms with Gasteiger partial charge in [-0.25, -0.2) is 9.97 Å². The maximum atomic E-state index is 13.7. The van der Waals surface area contributed by atoms with E-state index in [1.54, 1.807) is 30.6 Å². The summed E-state index contributed by atoms with van der Waals surface area (Å²) in [7, 11) is 0. The number of ketones is 1. The third-order valence-electron chi connectivity index (χ3n) is 6.29. The second-order valence-electron chi connectivity index (χ2n) is 8.47. The van der Waals surface area contributed by atoms with Crippen LogP contribution in [0, 0.1) is 0 Å². The minimum atomic E-state index is -0.282. The van der Waals surface area contributed by atoms with E-state index in [-0.39, 0.29) is 17.4 Å². The van der Waals surface area contributed by atoms with E-state index in [9.17, 15) is 9.59 Å². The molecule has 1 fully saturated rings. The summed E-state index contributed by atoms with van der Waals surface area (Å²) >= 11 is 0. The number of aromatic amines is 2. The summed E-state index contributed by atoms with van der Waals surface area (Å²) in [5, 5.41) is 3.78. The van der Waals surface area contributed by atoms with Crippen LogP contribution in [0.5, 0.6) is 5.75 Å². The third kappa shape index (κ3) is 4.08. The molecule has 3 N–H and O–H groups in total. The van der Waals surface area contributed by atoms with E-state index < -0.39 is 0 Å². The number of Topliss-reactive ketones (excluding diaryl/α,β-unsaturated/α-hetero) is 1. The molecule has 176 valence electrons. The van der Waals surface area contributed by atoms with E-state index in [2.05, 4.69) is 32.1 Å². The Hall–Kier alpha value is -3.56. The van der Waals surface area contributed by atoms with Crippen LogP contribution in [0.25, 0.3) is 33.3 Å². The first-order valence-electron chi connectivity index (χ1n) is 11.7. The Bertz CT molecular complexity index is 1410. The average molecular weight is 461 g/mol. The number of rotatable bonds is 7.